The van der Waals surface area contributed by atoms with Crippen molar-refractivity contribution in [1.82, 2.24) is 4.90 Å². The first-order valence-electron chi connectivity index (χ1n) is 13.0. The van der Waals surface area contributed by atoms with Crippen LogP contribution in [0.5, 0.6) is 5.75 Å². The molecule has 6 N–H and O–H groups in total. The molecule has 1 amide bonds. The van der Waals surface area contributed by atoms with E-state index in [-0.39, 0.29) is 36.0 Å². The summed E-state index contributed by atoms with van der Waals surface area (Å²) in [5.41, 5.74) is 0.216. The molecule has 0 aromatic heterocycles. The first kappa shape index (κ1) is 30.2. The number of carbonyl (C=O) groups excluding carboxylic acids is 3. The summed E-state index contributed by atoms with van der Waals surface area (Å²) in [5.74, 6) is -18.8. The normalized spacial score (nSPS) is 25.2. The molecule has 14 heteroatoms. The summed E-state index contributed by atoms with van der Waals surface area (Å²) in [7, 11) is 2.89. The predicted molar refractivity (Wildman–Crippen MR) is 138 cm³/mol. The molecule has 9 nitrogen and oxygen atoms in total. The molecule has 3 aliphatic rings. The second-order valence-corrected chi connectivity index (χ2v) is 11.1. The molecule has 228 valence electrons. The van der Waals surface area contributed by atoms with Gasteiger partial charge in [0, 0.05) is 17.1 Å². The molecule has 0 saturated heterocycles. The molecule has 0 heterocycles. The van der Waals surface area contributed by atoms with E-state index in [1.807, 2.05) is 0 Å². The molecule has 4 atom stereocenters. The standard InChI is InChI=1S/C29H25F5N2O7/c1-36(2)23-13-8-10-7-12-9(3-5-11-18(30)20(32)22(34)21(33)19(11)31)4-6-14(37)16(12)24(38)15(10)26(40)29(13,43)27(41)17(25(23)39)28(35)42/h4,6,10,13,23,37-38,41,43H,3,5,7-8H2,1-2H3,(H2,35,42). The zero-order valence-electron chi connectivity index (χ0n) is 22.6. The van der Waals surface area contributed by atoms with Crippen LogP contribution in [0.1, 0.15) is 28.7 Å². The monoisotopic (exact) mass is 608 g/mol. The van der Waals surface area contributed by atoms with Crippen molar-refractivity contribution in [3.63, 3.8) is 0 Å². The Kier molecular flexibility index (Phi) is 7.13. The number of aliphatic hydroxyl groups excluding tert-OH is 2. The van der Waals surface area contributed by atoms with Gasteiger partial charge in [-0.3, -0.25) is 19.3 Å². The minimum absolute atomic E-state index is 0.116. The van der Waals surface area contributed by atoms with Gasteiger partial charge in [0.1, 0.15) is 22.8 Å². The van der Waals surface area contributed by atoms with Crippen LogP contribution in [0.15, 0.2) is 29.0 Å². The third-order valence-electron chi connectivity index (χ3n) is 8.65. The van der Waals surface area contributed by atoms with Crippen LogP contribution >= 0.6 is 0 Å². The molecular weight excluding hydrogens is 583 g/mol. The van der Waals surface area contributed by atoms with Crippen molar-refractivity contribution in [2.75, 3.05) is 14.1 Å². The molecule has 0 spiro atoms. The van der Waals surface area contributed by atoms with Crippen molar-refractivity contribution in [2.45, 2.75) is 37.3 Å². The zero-order valence-corrected chi connectivity index (χ0v) is 22.6. The highest BCUT2D eigenvalue weighted by Gasteiger charge is 2.64. The van der Waals surface area contributed by atoms with Crippen LogP contribution in [0.4, 0.5) is 22.0 Å². The summed E-state index contributed by atoms with van der Waals surface area (Å²) in [4.78, 5) is 40.4. The average Bonchev–Trinajstić information content (AvgIpc) is 2.93. The van der Waals surface area contributed by atoms with E-state index in [4.69, 9.17) is 5.73 Å². The predicted octanol–water partition coefficient (Wildman–Crippen LogP) is 2.44. The van der Waals surface area contributed by atoms with E-state index in [0.29, 0.717) is 0 Å². The SMILES string of the molecule is CN(C)C1C(=O)C(C(N)=O)=C(O)C2(O)C(=O)C3=C(O)c4c(O)ccc(CCc5c(F)c(F)c(F)c(F)c5F)c4CC3CC12. The van der Waals surface area contributed by atoms with Gasteiger partial charge >= 0.3 is 0 Å². The highest BCUT2D eigenvalue weighted by Crippen LogP contribution is 2.53. The van der Waals surface area contributed by atoms with Crippen LogP contribution in [0, 0.1) is 40.9 Å². The van der Waals surface area contributed by atoms with Crippen molar-refractivity contribution in [1.29, 1.82) is 0 Å². The van der Waals surface area contributed by atoms with Crippen molar-refractivity contribution >= 4 is 23.2 Å². The smallest absolute Gasteiger partial charge is 0.255 e. The number of aromatic hydroxyl groups is 1. The van der Waals surface area contributed by atoms with Crippen LogP contribution in [0.3, 0.4) is 0 Å². The lowest BCUT2D eigenvalue weighted by Crippen LogP contribution is -2.65. The molecule has 2 aromatic rings. The number of rotatable bonds is 5. The number of nitrogens with zero attached hydrogens (tertiary/aromatic N) is 1. The number of halogens is 5. The third kappa shape index (κ3) is 4.14. The molecular formula is C29H25F5N2O7. The summed E-state index contributed by atoms with van der Waals surface area (Å²) in [6, 6.07) is 1.13. The fraction of sp³-hybridized carbons (Fsp3) is 0.345. The van der Waals surface area contributed by atoms with Gasteiger partial charge in [0.05, 0.1) is 11.6 Å². The summed E-state index contributed by atoms with van der Waals surface area (Å²) in [6.45, 7) is 0. The molecule has 3 aliphatic carbocycles. The topological polar surface area (TPSA) is 161 Å². The van der Waals surface area contributed by atoms with E-state index >= 15 is 0 Å². The third-order valence-corrected chi connectivity index (χ3v) is 8.65. The van der Waals surface area contributed by atoms with Crippen LogP contribution < -0.4 is 5.73 Å². The maximum Gasteiger partial charge on any atom is 0.255 e. The number of fused-ring (bicyclic) bond motifs is 3. The molecule has 43 heavy (non-hydrogen) atoms. The average molecular weight is 609 g/mol. The number of aryl methyl sites for hydroxylation is 1. The van der Waals surface area contributed by atoms with Gasteiger partial charge in [-0.2, -0.15) is 0 Å². The van der Waals surface area contributed by atoms with Gasteiger partial charge < -0.3 is 26.2 Å². The fourth-order valence-corrected chi connectivity index (χ4v) is 6.67. The lowest BCUT2D eigenvalue weighted by molar-refractivity contribution is -0.153. The molecule has 5 rings (SSSR count). The number of carbonyl (C=O) groups is 3. The Morgan fingerprint density at radius 1 is 0.977 bits per heavy atom. The van der Waals surface area contributed by atoms with Gasteiger partial charge in [-0.25, -0.2) is 22.0 Å². The lowest BCUT2D eigenvalue weighted by atomic mass is 9.57. The van der Waals surface area contributed by atoms with E-state index in [1.54, 1.807) is 0 Å². The van der Waals surface area contributed by atoms with Gasteiger partial charge in [0.25, 0.3) is 5.91 Å². The van der Waals surface area contributed by atoms with E-state index < -0.39 is 110 Å². The molecule has 1 saturated carbocycles. The second kappa shape index (κ2) is 10.2. The number of hydrogen-bond donors (Lipinski definition) is 5. The molecule has 1 fully saturated rings. The van der Waals surface area contributed by atoms with Crippen LogP contribution in [-0.2, 0) is 33.6 Å². The fourth-order valence-electron chi connectivity index (χ4n) is 6.67. The first-order valence-corrected chi connectivity index (χ1v) is 13.0. The zero-order chi connectivity index (χ0) is 31.9. The maximum atomic E-state index is 14.3. The maximum absolute atomic E-state index is 14.3. The minimum atomic E-state index is -2.83. The number of likely N-dealkylation sites (N-methyl/N-ethyl adjacent to an activating group) is 1. The Labute approximate surface area is 240 Å². The van der Waals surface area contributed by atoms with Gasteiger partial charge in [-0.15, -0.1) is 0 Å². The minimum Gasteiger partial charge on any atom is -0.508 e. The number of amides is 1. The number of benzene rings is 2. The van der Waals surface area contributed by atoms with Crippen molar-refractivity contribution < 1.29 is 56.8 Å². The summed E-state index contributed by atoms with van der Waals surface area (Å²) < 4.78 is 69.6. The van der Waals surface area contributed by atoms with Crippen molar-refractivity contribution in [3.05, 3.63) is 80.4 Å². The molecule has 0 aliphatic heterocycles. The van der Waals surface area contributed by atoms with Crippen molar-refractivity contribution in [2.24, 2.45) is 17.6 Å². The number of nitrogens with two attached hydrogens (primary N) is 1. The van der Waals surface area contributed by atoms with Gasteiger partial charge in [0.2, 0.25) is 11.6 Å². The Bertz CT molecular complexity index is 1670. The summed E-state index contributed by atoms with van der Waals surface area (Å²) in [6.07, 6.45) is -1.27. The highest BCUT2D eigenvalue weighted by molar-refractivity contribution is 6.24. The van der Waals surface area contributed by atoms with E-state index in [0.717, 1.165) is 6.07 Å². The van der Waals surface area contributed by atoms with Crippen LogP contribution in [-0.4, -0.2) is 68.5 Å². The number of Topliss-reactive ketones (excluding diaryl/α,β-unsaturated/α-hetero) is 2. The number of phenolic OH excluding ortho intramolecular Hbond substituents is 1. The quantitative estimate of drug-likeness (QED) is 0.150. The Morgan fingerprint density at radius 3 is 2.12 bits per heavy atom. The van der Waals surface area contributed by atoms with E-state index in [9.17, 15) is 56.8 Å². The van der Waals surface area contributed by atoms with Gasteiger partial charge in [-0.1, -0.05) is 6.07 Å². The van der Waals surface area contributed by atoms with Crippen LogP contribution in [0.25, 0.3) is 5.76 Å². The summed E-state index contributed by atoms with van der Waals surface area (Å²) in [5, 5.41) is 44.4. The number of phenols is 1. The molecule has 0 bridgehead atoms. The first-order chi connectivity index (χ1) is 20.0. The lowest BCUT2D eigenvalue weighted by Gasteiger charge is -2.50. The van der Waals surface area contributed by atoms with Gasteiger partial charge in [-0.05, 0) is 62.9 Å². The second-order valence-electron chi connectivity index (χ2n) is 11.1. The molecule has 0 radical (unpaired) electrons. The Morgan fingerprint density at radius 2 is 1.56 bits per heavy atom. The van der Waals surface area contributed by atoms with Crippen LogP contribution in [0.2, 0.25) is 0 Å². The molecule has 4 unspecified atom stereocenters. The summed E-state index contributed by atoms with van der Waals surface area (Å²) >= 11 is 0. The van der Waals surface area contributed by atoms with E-state index in [2.05, 4.69) is 0 Å². The Balaban J connectivity index is 1.62. The Hall–Kier alpha value is -4.30. The highest BCUT2D eigenvalue weighted by atomic mass is 19.2. The number of hydrogen-bond acceptors (Lipinski definition) is 8. The number of ketones is 2. The van der Waals surface area contributed by atoms with Gasteiger partial charge in [0.15, 0.2) is 34.7 Å². The number of primary amides is 1. The van der Waals surface area contributed by atoms with Crippen molar-refractivity contribution in [3.8, 4) is 5.75 Å². The number of aliphatic hydroxyl groups is 3. The van der Waals surface area contributed by atoms with E-state index in [1.165, 1.54) is 25.1 Å². The molecule has 2 aromatic carbocycles. The largest absolute Gasteiger partial charge is 0.508 e.